The van der Waals surface area contributed by atoms with Crippen LogP contribution >= 0.6 is 0 Å². The molecule has 0 atom stereocenters. The molecule has 0 aliphatic rings. The van der Waals surface area contributed by atoms with E-state index >= 15 is 0 Å². The first kappa shape index (κ1) is 19.5. The van der Waals surface area contributed by atoms with Crippen LogP contribution < -0.4 is 4.74 Å². The first-order valence-electron chi connectivity index (χ1n) is 8.32. The van der Waals surface area contributed by atoms with E-state index in [4.69, 9.17) is 14.6 Å². The molecule has 0 fully saturated rings. The van der Waals surface area contributed by atoms with Crippen molar-refractivity contribution >= 4 is 5.97 Å². The van der Waals surface area contributed by atoms with Crippen molar-refractivity contribution in [2.24, 2.45) is 0 Å². The Balaban J connectivity index is 2.92. The van der Waals surface area contributed by atoms with E-state index in [1.165, 1.54) is 11.1 Å². The highest BCUT2D eigenvalue weighted by atomic mass is 16.5. The van der Waals surface area contributed by atoms with Gasteiger partial charge in [-0.1, -0.05) is 38.5 Å². The number of carbonyl (C=O) groups excluding carboxylic acids is 1. The molecule has 0 bridgehead atoms. The molecule has 23 heavy (non-hydrogen) atoms. The third-order valence-corrected chi connectivity index (χ3v) is 3.57. The maximum atomic E-state index is 11.8. The van der Waals surface area contributed by atoms with Gasteiger partial charge in [0, 0.05) is 25.0 Å². The van der Waals surface area contributed by atoms with Gasteiger partial charge >= 0.3 is 5.97 Å². The predicted octanol–water partition coefficient (Wildman–Crippen LogP) is 3.55. The summed E-state index contributed by atoms with van der Waals surface area (Å²) >= 11 is 0. The van der Waals surface area contributed by atoms with Crippen LogP contribution in [0.2, 0.25) is 0 Å². The monoisotopic (exact) mass is 322 g/mol. The molecule has 1 N–H and O–H groups in total. The number of aryl methyl sites for hydroxylation is 2. The first-order valence-corrected chi connectivity index (χ1v) is 8.32. The quantitative estimate of drug-likeness (QED) is 0.587. The van der Waals surface area contributed by atoms with Gasteiger partial charge in [0.05, 0.1) is 13.2 Å². The zero-order valence-corrected chi connectivity index (χ0v) is 15.1. The van der Waals surface area contributed by atoms with Gasteiger partial charge in [0.2, 0.25) is 0 Å². The highest BCUT2D eigenvalue weighted by molar-refractivity contribution is 5.70. The maximum absolute atomic E-state index is 11.8. The highest BCUT2D eigenvalue weighted by Crippen LogP contribution is 2.36. The van der Waals surface area contributed by atoms with Crippen LogP contribution in [0, 0.1) is 6.92 Å². The molecule has 0 saturated heterocycles. The molecule has 1 aromatic rings. The van der Waals surface area contributed by atoms with Crippen LogP contribution in [0.15, 0.2) is 12.1 Å². The normalized spacial score (nSPS) is 11.4. The number of carbonyl (C=O) groups is 1. The Bertz CT molecular complexity index is 515. The average molecular weight is 322 g/mol. The van der Waals surface area contributed by atoms with Crippen molar-refractivity contribution in [2.75, 3.05) is 19.8 Å². The van der Waals surface area contributed by atoms with Gasteiger partial charge in [0.25, 0.3) is 0 Å². The zero-order valence-electron chi connectivity index (χ0n) is 15.1. The second-order valence-electron chi connectivity index (χ2n) is 6.78. The van der Waals surface area contributed by atoms with Crippen LogP contribution in [0.1, 0.15) is 57.2 Å². The summed E-state index contributed by atoms with van der Waals surface area (Å²) in [5.41, 5.74) is 3.37. The van der Waals surface area contributed by atoms with Gasteiger partial charge in [-0.25, -0.2) is 0 Å². The molecule has 130 valence electrons. The fraction of sp³-hybridized carbons (Fsp3) is 0.632. The van der Waals surface area contributed by atoms with Gasteiger partial charge in [0.15, 0.2) is 0 Å². The van der Waals surface area contributed by atoms with Gasteiger partial charge in [0.1, 0.15) is 5.75 Å². The minimum Gasteiger partial charge on any atom is -0.493 e. The third kappa shape index (κ3) is 6.22. The number of aliphatic hydroxyl groups excluding tert-OH is 1. The van der Waals surface area contributed by atoms with E-state index in [1.807, 2.05) is 6.92 Å². The van der Waals surface area contributed by atoms with Gasteiger partial charge in [-0.3, -0.25) is 4.79 Å². The van der Waals surface area contributed by atoms with Crippen molar-refractivity contribution in [3.05, 3.63) is 28.8 Å². The Morgan fingerprint density at radius 1 is 1.26 bits per heavy atom. The predicted molar refractivity (Wildman–Crippen MR) is 92.0 cm³/mol. The number of aliphatic hydroxyl groups is 1. The average Bonchev–Trinajstić information content (AvgIpc) is 2.46. The Morgan fingerprint density at radius 2 is 1.96 bits per heavy atom. The lowest BCUT2D eigenvalue weighted by atomic mass is 9.83. The minimum absolute atomic E-state index is 0.0209. The Hall–Kier alpha value is -1.55. The second kappa shape index (κ2) is 8.92. The molecule has 0 aliphatic carbocycles. The minimum atomic E-state index is -0.236. The molecule has 0 saturated carbocycles. The van der Waals surface area contributed by atoms with Crippen molar-refractivity contribution < 1.29 is 19.4 Å². The van der Waals surface area contributed by atoms with Crippen molar-refractivity contribution in [2.45, 2.75) is 59.3 Å². The first-order chi connectivity index (χ1) is 10.8. The lowest BCUT2D eigenvalue weighted by Gasteiger charge is -2.25. The summed E-state index contributed by atoms with van der Waals surface area (Å²) in [5.74, 6) is 0.661. The molecule has 1 rings (SSSR count). The lowest BCUT2D eigenvalue weighted by Crippen LogP contribution is -2.16. The van der Waals surface area contributed by atoms with E-state index in [0.29, 0.717) is 25.9 Å². The Labute approximate surface area is 139 Å². The van der Waals surface area contributed by atoms with Crippen LogP contribution in [0.25, 0.3) is 0 Å². The number of hydrogen-bond acceptors (Lipinski definition) is 4. The number of rotatable bonds is 8. The summed E-state index contributed by atoms with van der Waals surface area (Å²) < 4.78 is 11.0. The molecule has 0 aromatic heterocycles. The fourth-order valence-electron chi connectivity index (χ4n) is 2.47. The molecule has 0 amide bonds. The van der Waals surface area contributed by atoms with Crippen molar-refractivity contribution in [3.63, 3.8) is 0 Å². The lowest BCUT2D eigenvalue weighted by molar-refractivity contribution is -0.143. The maximum Gasteiger partial charge on any atom is 0.306 e. The molecular weight excluding hydrogens is 292 g/mol. The van der Waals surface area contributed by atoms with Gasteiger partial charge in [-0.2, -0.15) is 0 Å². The molecule has 0 radical (unpaired) electrons. The van der Waals surface area contributed by atoms with E-state index in [2.05, 4.69) is 39.8 Å². The molecule has 4 heteroatoms. The van der Waals surface area contributed by atoms with Gasteiger partial charge in [-0.05, 0) is 31.2 Å². The summed E-state index contributed by atoms with van der Waals surface area (Å²) in [5, 5.41) is 8.71. The molecule has 1 aromatic carbocycles. The second-order valence-corrected chi connectivity index (χ2v) is 6.78. The fourth-order valence-corrected chi connectivity index (χ4v) is 2.47. The number of ether oxygens (including phenoxy) is 2. The van der Waals surface area contributed by atoms with Gasteiger partial charge in [-0.15, -0.1) is 0 Å². The molecule has 0 heterocycles. The third-order valence-electron chi connectivity index (χ3n) is 3.57. The molecule has 0 unspecified atom stereocenters. The van der Waals surface area contributed by atoms with E-state index < -0.39 is 0 Å². The standard InChI is InChI=1S/C19H30O4/c1-6-22-18-15(8-9-17(21)23-11-7-10-20)12-14(2)13-16(18)19(3,4)5/h12-13,20H,6-11H2,1-5H3. The van der Waals surface area contributed by atoms with E-state index in [1.54, 1.807) is 0 Å². The van der Waals surface area contributed by atoms with Crippen LogP contribution in [0.5, 0.6) is 5.75 Å². The largest absolute Gasteiger partial charge is 0.493 e. The highest BCUT2D eigenvalue weighted by Gasteiger charge is 2.22. The van der Waals surface area contributed by atoms with Crippen LogP contribution in [0.3, 0.4) is 0 Å². The number of hydrogen-bond donors (Lipinski definition) is 1. The summed E-state index contributed by atoms with van der Waals surface area (Å²) in [4.78, 5) is 11.8. The molecular formula is C19H30O4. The van der Waals surface area contributed by atoms with Crippen molar-refractivity contribution in [1.29, 1.82) is 0 Å². The number of esters is 1. The Kier molecular flexibility index (Phi) is 7.56. The zero-order chi connectivity index (χ0) is 17.5. The summed E-state index contributed by atoms with van der Waals surface area (Å²) in [7, 11) is 0. The van der Waals surface area contributed by atoms with E-state index in [9.17, 15) is 4.79 Å². The van der Waals surface area contributed by atoms with Crippen molar-refractivity contribution in [3.8, 4) is 5.75 Å². The van der Waals surface area contributed by atoms with Crippen LogP contribution in [-0.2, 0) is 21.4 Å². The summed E-state index contributed by atoms with van der Waals surface area (Å²) in [6, 6.07) is 4.25. The SMILES string of the molecule is CCOc1c(CCC(=O)OCCCO)cc(C)cc1C(C)(C)C. The molecule has 0 aliphatic heterocycles. The summed E-state index contributed by atoms with van der Waals surface area (Å²) in [6.07, 6.45) is 1.39. The smallest absolute Gasteiger partial charge is 0.306 e. The van der Waals surface area contributed by atoms with E-state index in [-0.39, 0.29) is 24.6 Å². The van der Waals surface area contributed by atoms with Crippen LogP contribution in [-0.4, -0.2) is 30.9 Å². The Morgan fingerprint density at radius 3 is 2.52 bits per heavy atom. The summed E-state index contributed by atoms with van der Waals surface area (Å²) in [6.45, 7) is 11.4. The van der Waals surface area contributed by atoms with Crippen LogP contribution in [0.4, 0.5) is 0 Å². The number of benzene rings is 1. The van der Waals surface area contributed by atoms with Gasteiger partial charge < -0.3 is 14.6 Å². The topological polar surface area (TPSA) is 55.8 Å². The van der Waals surface area contributed by atoms with Crippen molar-refractivity contribution in [1.82, 2.24) is 0 Å². The molecule has 4 nitrogen and oxygen atoms in total. The molecule has 0 spiro atoms. The van der Waals surface area contributed by atoms with E-state index in [0.717, 1.165) is 11.3 Å².